The molecule has 0 aliphatic carbocycles. The van der Waals surface area contributed by atoms with E-state index >= 15 is 0 Å². The number of rotatable bonds is 2. The van der Waals surface area contributed by atoms with Crippen LogP contribution in [0.2, 0.25) is 0 Å². The van der Waals surface area contributed by atoms with Gasteiger partial charge in [0.15, 0.2) is 0 Å². The van der Waals surface area contributed by atoms with Gasteiger partial charge in [-0.05, 0) is 30.9 Å². The Kier molecular flexibility index (Phi) is 12.6. The summed E-state index contributed by atoms with van der Waals surface area (Å²) < 4.78 is 8.43. The lowest BCUT2D eigenvalue weighted by atomic mass is 10.5. The third-order valence-electron chi connectivity index (χ3n) is 0.524. The highest BCUT2D eigenvalue weighted by molar-refractivity contribution is 7.80. The summed E-state index contributed by atoms with van der Waals surface area (Å²) in [5, 5.41) is -0.00600. The van der Waals surface area contributed by atoms with Crippen LogP contribution in [-0.4, -0.2) is 17.0 Å². The fourth-order valence-corrected chi connectivity index (χ4v) is 0.286. The zero-order valence-electron chi connectivity index (χ0n) is 6.58. The molecular formula is C5H11ClN2O2S2. The van der Waals surface area contributed by atoms with Crippen molar-refractivity contribution < 1.29 is 9.03 Å². The second kappa shape index (κ2) is 10.7. The van der Waals surface area contributed by atoms with Gasteiger partial charge in [-0.2, -0.15) is 0 Å². The Hall–Kier alpha value is -0.330. The second-order valence-electron chi connectivity index (χ2n) is 1.56. The molecule has 0 atom stereocenters. The molecule has 0 saturated carbocycles. The molecule has 0 aliphatic rings. The minimum atomic E-state index is -0.147. The molecule has 0 heterocycles. The predicted octanol–water partition coefficient (Wildman–Crippen LogP) is 1.06. The first-order chi connectivity index (χ1) is 5.54. The number of hydrogen-bond acceptors (Lipinski definition) is 4. The van der Waals surface area contributed by atoms with Gasteiger partial charge >= 0.3 is 0 Å². The standard InChI is InChI=1S/C4H9NOS.CH2ClNOS/c1-2-3-6-4(5)7;2-4-1(3)5/h2-3H2,1H3,(H2,5,7);(H2,3,5). The molecule has 0 amide bonds. The van der Waals surface area contributed by atoms with E-state index in [-0.39, 0.29) is 10.3 Å². The summed E-state index contributed by atoms with van der Waals surface area (Å²) in [5.74, 6) is 0. The van der Waals surface area contributed by atoms with Crippen molar-refractivity contribution in [3.63, 3.8) is 0 Å². The molecule has 0 rings (SSSR count). The zero-order chi connectivity index (χ0) is 9.98. The van der Waals surface area contributed by atoms with Gasteiger partial charge < -0.3 is 20.5 Å². The molecule has 0 aliphatic heterocycles. The van der Waals surface area contributed by atoms with Crippen LogP contribution in [0.4, 0.5) is 0 Å². The highest BCUT2D eigenvalue weighted by atomic mass is 35.5. The first-order valence-corrected chi connectivity index (χ1v) is 4.17. The first-order valence-electron chi connectivity index (χ1n) is 3.04. The van der Waals surface area contributed by atoms with E-state index in [4.69, 9.17) is 10.5 Å². The Bertz CT molecular complexity index is 145. The number of thiocarbonyl (C=S) groups is 2. The molecule has 0 spiro atoms. The minimum Gasteiger partial charge on any atom is -0.471 e. The fourth-order valence-electron chi connectivity index (χ4n) is 0.203. The van der Waals surface area contributed by atoms with Gasteiger partial charge in [-0.25, -0.2) is 0 Å². The van der Waals surface area contributed by atoms with Crippen LogP contribution < -0.4 is 11.5 Å². The van der Waals surface area contributed by atoms with E-state index in [0.29, 0.717) is 6.61 Å². The topological polar surface area (TPSA) is 70.5 Å². The second-order valence-corrected chi connectivity index (χ2v) is 2.52. The predicted molar refractivity (Wildman–Crippen MR) is 56.8 cm³/mol. The Morgan fingerprint density at radius 2 is 1.75 bits per heavy atom. The van der Waals surface area contributed by atoms with Crippen LogP contribution >= 0.6 is 36.3 Å². The fraction of sp³-hybridized carbons (Fsp3) is 0.600. The number of halogens is 1. The molecule has 0 aromatic rings. The monoisotopic (exact) mass is 230 g/mol. The highest BCUT2D eigenvalue weighted by Gasteiger charge is 1.81. The Labute approximate surface area is 87.3 Å². The van der Waals surface area contributed by atoms with Gasteiger partial charge in [-0.1, -0.05) is 6.92 Å². The molecule has 0 aromatic heterocycles. The molecule has 7 heteroatoms. The molecule has 0 bridgehead atoms. The SMILES string of the molecule is CCCOC(N)=S.NC(=S)OCl. The molecular weight excluding hydrogens is 220 g/mol. The van der Waals surface area contributed by atoms with Gasteiger partial charge in [0.1, 0.15) is 11.9 Å². The zero-order valence-corrected chi connectivity index (χ0v) is 8.97. The molecule has 0 radical (unpaired) electrons. The Balaban J connectivity index is 0. The lowest BCUT2D eigenvalue weighted by Gasteiger charge is -1.96. The summed E-state index contributed by atoms with van der Waals surface area (Å²) in [7, 11) is 0. The average Bonchev–Trinajstić information content (AvgIpc) is 2.02. The van der Waals surface area contributed by atoms with Crippen molar-refractivity contribution in [3.05, 3.63) is 0 Å². The molecule has 0 aromatic carbocycles. The van der Waals surface area contributed by atoms with Crippen molar-refractivity contribution in [3.8, 4) is 0 Å². The summed E-state index contributed by atoms with van der Waals surface area (Å²) in [6.45, 7) is 2.63. The van der Waals surface area contributed by atoms with Crippen LogP contribution in [-0.2, 0) is 9.03 Å². The lowest BCUT2D eigenvalue weighted by Crippen LogP contribution is -2.12. The number of ether oxygens (including phenoxy) is 1. The van der Waals surface area contributed by atoms with E-state index in [2.05, 4.69) is 46.3 Å². The van der Waals surface area contributed by atoms with Crippen LogP contribution in [0.5, 0.6) is 0 Å². The molecule has 0 unspecified atom stereocenters. The third kappa shape index (κ3) is 22.6. The third-order valence-corrected chi connectivity index (χ3v) is 0.983. The van der Waals surface area contributed by atoms with Gasteiger partial charge in [0.05, 0.1) is 6.61 Å². The smallest absolute Gasteiger partial charge is 0.275 e. The van der Waals surface area contributed by atoms with Gasteiger partial charge in [-0.15, -0.1) is 0 Å². The summed E-state index contributed by atoms with van der Waals surface area (Å²) in [5.41, 5.74) is 9.66. The van der Waals surface area contributed by atoms with Gasteiger partial charge in [-0.3, -0.25) is 0 Å². The van der Waals surface area contributed by atoms with Crippen molar-refractivity contribution in [1.82, 2.24) is 0 Å². The van der Waals surface area contributed by atoms with Crippen LogP contribution in [0.15, 0.2) is 0 Å². The largest absolute Gasteiger partial charge is 0.471 e. The van der Waals surface area contributed by atoms with Crippen LogP contribution in [0.25, 0.3) is 0 Å². The maximum Gasteiger partial charge on any atom is 0.275 e. The van der Waals surface area contributed by atoms with Crippen LogP contribution in [0.3, 0.4) is 0 Å². The molecule has 4 N–H and O–H groups in total. The summed E-state index contributed by atoms with van der Waals surface area (Å²) in [4.78, 5) is 0. The molecule has 12 heavy (non-hydrogen) atoms. The minimum absolute atomic E-state index is 0.141. The normalized spacial score (nSPS) is 7.50. The first kappa shape index (κ1) is 14.2. The van der Waals surface area contributed by atoms with E-state index in [0.717, 1.165) is 6.42 Å². The average molecular weight is 231 g/mol. The van der Waals surface area contributed by atoms with Crippen molar-refractivity contribution in [2.24, 2.45) is 11.5 Å². The van der Waals surface area contributed by atoms with Crippen molar-refractivity contribution in [1.29, 1.82) is 0 Å². The number of hydrogen-bond donors (Lipinski definition) is 2. The molecule has 72 valence electrons. The summed E-state index contributed by atoms with van der Waals surface area (Å²) >= 11 is 13.1. The lowest BCUT2D eigenvalue weighted by molar-refractivity contribution is 0.308. The van der Waals surface area contributed by atoms with Gasteiger partial charge in [0, 0.05) is 0 Å². The summed E-state index contributed by atoms with van der Waals surface area (Å²) in [6.07, 6.45) is 0.956. The van der Waals surface area contributed by atoms with Gasteiger partial charge in [0.25, 0.3) is 10.3 Å². The molecule has 0 saturated heterocycles. The quantitative estimate of drug-likeness (QED) is 0.692. The van der Waals surface area contributed by atoms with E-state index in [1.54, 1.807) is 0 Å². The summed E-state index contributed by atoms with van der Waals surface area (Å²) in [6, 6.07) is 0. The Morgan fingerprint density at radius 1 is 1.33 bits per heavy atom. The highest BCUT2D eigenvalue weighted by Crippen LogP contribution is 1.77. The molecule has 0 fully saturated rings. The number of nitrogens with two attached hydrogens (primary N) is 2. The van der Waals surface area contributed by atoms with Crippen LogP contribution in [0, 0.1) is 0 Å². The molecule has 4 nitrogen and oxygen atoms in total. The van der Waals surface area contributed by atoms with E-state index in [9.17, 15) is 0 Å². The maximum atomic E-state index is 4.99. The van der Waals surface area contributed by atoms with Crippen molar-refractivity contribution in [2.75, 3.05) is 6.61 Å². The van der Waals surface area contributed by atoms with E-state index < -0.39 is 0 Å². The van der Waals surface area contributed by atoms with E-state index in [1.165, 1.54) is 0 Å². The van der Waals surface area contributed by atoms with E-state index in [1.807, 2.05) is 6.92 Å². The van der Waals surface area contributed by atoms with Gasteiger partial charge in [0.2, 0.25) is 0 Å². The Morgan fingerprint density at radius 3 is 1.83 bits per heavy atom. The van der Waals surface area contributed by atoms with Crippen molar-refractivity contribution >= 4 is 46.7 Å². The van der Waals surface area contributed by atoms with Crippen molar-refractivity contribution in [2.45, 2.75) is 13.3 Å². The maximum absolute atomic E-state index is 4.99. The van der Waals surface area contributed by atoms with Crippen LogP contribution in [0.1, 0.15) is 13.3 Å².